The summed E-state index contributed by atoms with van der Waals surface area (Å²) in [5.41, 5.74) is 7.22. The average Bonchev–Trinajstić information content (AvgIpc) is 2.03. The van der Waals surface area contributed by atoms with E-state index in [2.05, 4.69) is 4.98 Å². The molecule has 0 saturated heterocycles. The van der Waals surface area contributed by atoms with Gasteiger partial charge in [0.25, 0.3) is 0 Å². The zero-order valence-corrected chi connectivity index (χ0v) is 7.71. The van der Waals surface area contributed by atoms with Gasteiger partial charge in [0, 0.05) is 5.69 Å². The minimum absolute atomic E-state index is 0. The maximum absolute atomic E-state index is 8.71. The number of hydrogen-bond donors (Lipinski definition) is 2. The van der Waals surface area contributed by atoms with Crippen LogP contribution in [0.1, 0.15) is 17.4 Å². The van der Waals surface area contributed by atoms with E-state index >= 15 is 0 Å². The minimum atomic E-state index is -0.352. The average molecular weight is 189 g/mol. The Morgan fingerprint density at radius 2 is 2.25 bits per heavy atom. The first-order valence-electron chi connectivity index (χ1n) is 3.54. The Labute approximate surface area is 78.0 Å². The van der Waals surface area contributed by atoms with E-state index in [9.17, 15) is 0 Å². The Morgan fingerprint density at radius 3 is 2.75 bits per heavy atom. The monoisotopic (exact) mass is 188 g/mol. The van der Waals surface area contributed by atoms with Crippen molar-refractivity contribution in [1.82, 2.24) is 4.98 Å². The molecule has 1 rings (SSSR count). The molecule has 1 atom stereocenters. The lowest BCUT2D eigenvalue weighted by atomic mass is 10.2. The van der Waals surface area contributed by atoms with Crippen LogP contribution in [0.3, 0.4) is 0 Å². The number of aliphatic hydroxyl groups is 1. The third-order valence-corrected chi connectivity index (χ3v) is 1.49. The number of aryl methyl sites for hydroxylation is 1. The lowest BCUT2D eigenvalue weighted by Gasteiger charge is -2.06. The molecular weight excluding hydrogens is 176 g/mol. The Balaban J connectivity index is 0.00000121. The number of pyridine rings is 1. The van der Waals surface area contributed by atoms with Gasteiger partial charge in [0.05, 0.1) is 18.3 Å². The molecule has 0 saturated carbocycles. The van der Waals surface area contributed by atoms with E-state index in [1.54, 1.807) is 0 Å². The molecule has 1 heterocycles. The number of halogens is 1. The van der Waals surface area contributed by atoms with E-state index in [1.165, 1.54) is 0 Å². The van der Waals surface area contributed by atoms with Crippen LogP contribution in [0.15, 0.2) is 18.2 Å². The van der Waals surface area contributed by atoms with Crippen LogP contribution in [-0.2, 0) is 0 Å². The molecule has 3 N–H and O–H groups in total. The number of rotatable bonds is 2. The molecule has 0 aliphatic rings. The number of hydrogen-bond acceptors (Lipinski definition) is 3. The highest BCUT2D eigenvalue weighted by Gasteiger charge is 2.04. The summed E-state index contributed by atoms with van der Waals surface area (Å²) in [6.07, 6.45) is 0. The molecule has 1 aromatic heterocycles. The topological polar surface area (TPSA) is 59.1 Å². The standard InChI is InChI=1S/C8H12N2O.ClH/c1-6-3-2-4-8(10-6)7(9)5-11;/h2-4,7,11H,5,9H2,1H3;1H/t7-;/m0./s1. The number of nitrogens with two attached hydrogens (primary N) is 1. The molecule has 0 amide bonds. The van der Waals surface area contributed by atoms with Crippen LogP contribution >= 0.6 is 12.4 Å². The van der Waals surface area contributed by atoms with Crippen molar-refractivity contribution >= 4 is 12.4 Å². The Morgan fingerprint density at radius 1 is 1.58 bits per heavy atom. The maximum atomic E-state index is 8.71. The number of aromatic nitrogens is 1. The van der Waals surface area contributed by atoms with E-state index in [0.717, 1.165) is 11.4 Å². The van der Waals surface area contributed by atoms with Gasteiger partial charge in [-0.3, -0.25) is 4.98 Å². The molecule has 3 nitrogen and oxygen atoms in total. The summed E-state index contributed by atoms with van der Waals surface area (Å²) in [5.74, 6) is 0. The van der Waals surface area contributed by atoms with Crippen molar-refractivity contribution in [1.29, 1.82) is 0 Å². The van der Waals surface area contributed by atoms with E-state index < -0.39 is 0 Å². The number of aliphatic hydroxyl groups excluding tert-OH is 1. The Hall–Kier alpha value is -0.640. The third kappa shape index (κ3) is 2.77. The van der Waals surface area contributed by atoms with Crippen molar-refractivity contribution in [3.05, 3.63) is 29.6 Å². The quantitative estimate of drug-likeness (QED) is 0.722. The van der Waals surface area contributed by atoms with Crippen molar-refractivity contribution in [3.8, 4) is 0 Å². The highest BCUT2D eigenvalue weighted by Crippen LogP contribution is 2.05. The summed E-state index contributed by atoms with van der Waals surface area (Å²) in [6.45, 7) is 1.84. The van der Waals surface area contributed by atoms with Gasteiger partial charge in [-0.2, -0.15) is 0 Å². The van der Waals surface area contributed by atoms with Crippen LogP contribution in [-0.4, -0.2) is 16.7 Å². The normalized spacial score (nSPS) is 11.9. The summed E-state index contributed by atoms with van der Waals surface area (Å²) in [6, 6.07) is 5.24. The zero-order valence-electron chi connectivity index (χ0n) is 6.90. The minimum Gasteiger partial charge on any atom is -0.394 e. The maximum Gasteiger partial charge on any atom is 0.0705 e. The summed E-state index contributed by atoms with van der Waals surface area (Å²) in [4.78, 5) is 4.16. The fraction of sp³-hybridized carbons (Fsp3) is 0.375. The van der Waals surface area contributed by atoms with Crippen molar-refractivity contribution in [2.24, 2.45) is 5.73 Å². The first-order chi connectivity index (χ1) is 5.24. The van der Waals surface area contributed by atoms with Crippen LogP contribution in [0, 0.1) is 6.92 Å². The van der Waals surface area contributed by atoms with Gasteiger partial charge in [-0.15, -0.1) is 12.4 Å². The zero-order chi connectivity index (χ0) is 8.27. The van der Waals surface area contributed by atoms with Gasteiger partial charge >= 0.3 is 0 Å². The molecule has 0 unspecified atom stereocenters. The molecule has 0 bridgehead atoms. The van der Waals surface area contributed by atoms with Gasteiger partial charge < -0.3 is 10.8 Å². The van der Waals surface area contributed by atoms with Gasteiger partial charge in [0.15, 0.2) is 0 Å². The summed E-state index contributed by atoms with van der Waals surface area (Å²) in [5, 5.41) is 8.71. The lowest BCUT2D eigenvalue weighted by molar-refractivity contribution is 0.266. The fourth-order valence-corrected chi connectivity index (χ4v) is 0.864. The molecule has 0 aliphatic heterocycles. The van der Waals surface area contributed by atoms with Crippen molar-refractivity contribution in [2.75, 3.05) is 6.61 Å². The molecule has 4 heteroatoms. The van der Waals surface area contributed by atoms with Crippen LogP contribution in [0.4, 0.5) is 0 Å². The van der Waals surface area contributed by atoms with Crippen molar-refractivity contribution in [3.63, 3.8) is 0 Å². The molecule has 68 valence electrons. The second-order valence-electron chi connectivity index (χ2n) is 2.49. The molecule has 0 aromatic carbocycles. The Kier molecular flexibility index (Phi) is 4.81. The van der Waals surface area contributed by atoms with Crippen LogP contribution in [0.25, 0.3) is 0 Å². The van der Waals surface area contributed by atoms with Crippen LogP contribution in [0.5, 0.6) is 0 Å². The van der Waals surface area contributed by atoms with E-state index in [-0.39, 0.29) is 25.1 Å². The summed E-state index contributed by atoms with van der Waals surface area (Å²) >= 11 is 0. The highest BCUT2D eigenvalue weighted by atomic mass is 35.5. The molecule has 0 fully saturated rings. The molecule has 12 heavy (non-hydrogen) atoms. The second-order valence-corrected chi connectivity index (χ2v) is 2.49. The van der Waals surface area contributed by atoms with E-state index in [0.29, 0.717) is 0 Å². The van der Waals surface area contributed by atoms with Gasteiger partial charge in [0.1, 0.15) is 0 Å². The van der Waals surface area contributed by atoms with Crippen LogP contribution in [0.2, 0.25) is 0 Å². The number of nitrogens with zero attached hydrogens (tertiary/aromatic N) is 1. The Bertz CT molecular complexity index is 242. The van der Waals surface area contributed by atoms with Crippen molar-refractivity contribution < 1.29 is 5.11 Å². The van der Waals surface area contributed by atoms with Crippen LogP contribution < -0.4 is 5.73 Å². The smallest absolute Gasteiger partial charge is 0.0705 e. The third-order valence-electron chi connectivity index (χ3n) is 1.49. The first-order valence-corrected chi connectivity index (χ1v) is 3.54. The molecular formula is C8H13ClN2O. The van der Waals surface area contributed by atoms with E-state index in [4.69, 9.17) is 10.8 Å². The van der Waals surface area contributed by atoms with E-state index in [1.807, 2.05) is 25.1 Å². The predicted octanol–water partition coefficient (Wildman–Crippen LogP) is 0.804. The fourth-order valence-electron chi connectivity index (χ4n) is 0.864. The summed E-state index contributed by atoms with van der Waals surface area (Å²) in [7, 11) is 0. The first kappa shape index (κ1) is 11.4. The molecule has 1 aromatic rings. The van der Waals surface area contributed by atoms with Gasteiger partial charge in [-0.25, -0.2) is 0 Å². The van der Waals surface area contributed by atoms with Gasteiger partial charge in [0.2, 0.25) is 0 Å². The molecule has 0 spiro atoms. The molecule has 0 radical (unpaired) electrons. The van der Waals surface area contributed by atoms with Gasteiger partial charge in [-0.05, 0) is 19.1 Å². The summed E-state index contributed by atoms with van der Waals surface area (Å²) < 4.78 is 0. The molecule has 0 aliphatic carbocycles. The van der Waals surface area contributed by atoms with Crippen molar-refractivity contribution in [2.45, 2.75) is 13.0 Å². The predicted molar refractivity (Wildman–Crippen MR) is 50.2 cm³/mol. The van der Waals surface area contributed by atoms with Gasteiger partial charge in [-0.1, -0.05) is 6.07 Å². The SMILES string of the molecule is Cc1cccc([C@@H](N)CO)n1.Cl. The lowest BCUT2D eigenvalue weighted by Crippen LogP contribution is -2.16. The highest BCUT2D eigenvalue weighted by molar-refractivity contribution is 5.85. The largest absolute Gasteiger partial charge is 0.394 e. The second kappa shape index (κ2) is 5.09.